The van der Waals surface area contributed by atoms with Crippen LogP contribution in [0, 0.1) is 5.82 Å². The summed E-state index contributed by atoms with van der Waals surface area (Å²) in [6, 6.07) is 3.46. The fourth-order valence-corrected chi connectivity index (χ4v) is 4.41. The van der Waals surface area contributed by atoms with Gasteiger partial charge in [0.2, 0.25) is 0 Å². The lowest BCUT2D eigenvalue weighted by molar-refractivity contribution is 0.277. The molecule has 4 rings (SSSR count). The Hall–Kier alpha value is -1.88. The van der Waals surface area contributed by atoms with Crippen molar-refractivity contribution in [1.29, 1.82) is 0 Å². The van der Waals surface area contributed by atoms with E-state index >= 15 is 0 Å². The van der Waals surface area contributed by atoms with Gasteiger partial charge in [-0.15, -0.1) is 0 Å². The number of pyridine rings is 1. The fraction of sp³-hybridized carbons (Fsp3) is 0.550. The van der Waals surface area contributed by atoms with Gasteiger partial charge in [0.15, 0.2) is 5.43 Å². The molecule has 2 N–H and O–H groups in total. The number of nitrogens with one attached hydrogen (secondary N) is 1. The number of aromatic nitrogens is 1. The molecular weight excluding hydrogens is 319 g/mol. The van der Waals surface area contributed by atoms with Gasteiger partial charge in [0.25, 0.3) is 0 Å². The molecule has 1 fully saturated rings. The lowest BCUT2D eigenvalue weighted by Crippen LogP contribution is -2.25. The van der Waals surface area contributed by atoms with Crippen LogP contribution >= 0.6 is 0 Å². The van der Waals surface area contributed by atoms with Crippen LogP contribution in [0.2, 0.25) is 0 Å². The molecule has 2 heterocycles. The summed E-state index contributed by atoms with van der Waals surface area (Å²) in [5.41, 5.74) is 2.40. The predicted octanol–water partition coefficient (Wildman–Crippen LogP) is 3.71. The molecule has 0 radical (unpaired) electrons. The minimum atomic E-state index is -0.379. The van der Waals surface area contributed by atoms with Crippen LogP contribution in [0.4, 0.5) is 10.1 Å². The zero-order chi connectivity index (χ0) is 17.4. The monoisotopic (exact) mass is 344 g/mol. The molecule has 0 bridgehead atoms. The van der Waals surface area contributed by atoms with Crippen molar-refractivity contribution in [3.8, 4) is 0 Å². The first-order chi connectivity index (χ1) is 12.2. The highest BCUT2D eigenvalue weighted by atomic mass is 19.1. The van der Waals surface area contributed by atoms with Crippen LogP contribution < -0.4 is 10.7 Å². The number of aryl methyl sites for hydroxylation is 1. The number of halogens is 1. The number of aliphatic hydroxyl groups excluding tert-OH is 1. The highest BCUT2D eigenvalue weighted by Crippen LogP contribution is 2.29. The van der Waals surface area contributed by atoms with Crippen LogP contribution in [0.5, 0.6) is 0 Å². The summed E-state index contributed by atoms with van der Waals surface area (Å²) >= 11 is 0. The topological polar surface area (TPSA) is 54.3 Å². The summed E-state index contributed by atoms with van der Waals surface area (Å²) in [5.74, 6) is -0.379. The van der Waals surface area contributed by atoms with Crippen LogP contribution in [0.3, 0.4) is 0 Å². The van der Waals surface area contributed by atoms with Crippen LogP contribution in [0.25, 0.3) is 10.9 Å². The average Bonchev–Trinajstić information content (AvgIpc) is 2.64. The molecule has 0 saturated heterocycles. The molecule has 2 aromatic rings. The predicted molar refractivity (Wildman–Crippen MR) is 97.5 cm³/mol. The molecule has 1 aliphatic carbocycles. The highest BCUT2D eigenvalue weighted by molar-refractivity contribution is 5.84. The maximum atomic E-state index is 14.6. The molecule has 2 aliphatic rings. The van der Waals surface area contributed by atoms with Gasteiger partial charge in [0, 0.05) is 29.2 Å². The van der Waals surface area contributed by atoms with E-state index in [4.69, 9.17) is 0 Å². The van der Waals surface area contributed by atoms with Gasteiger partial charge >= 0.3 is 0 Å². The van der Waals surface area contributed by atoms with Crippen molar-refractivity contribution in [2.75, 3.05) is 5.32 Å². The largest absolute Gasteiger partial charge is 0.391 e. The number of nitrogens with zero attached hydrogens (tertiary/aromatic N) is 1. The Morgan fingerprint density at radius 1 is 1.16 bits per heavy atom. The molecule has 0 spiro atoms. The number of rotatable bonds is 3. The number of hydrogen-bond donors (Lipinski definition) is 2. The van der Waals surface area contributed by atoms with E-state index in [1.807, 2.05) is 0 Å². The fourth-order valence-electron chi connectivity index (χ4n) is 4.41. The third-order valence-corrected chi connectivity index (χ3v) is 5.74. The minimum Gasteiger partial charge on any atom is -0.391 e. The molecule has 1 aromatic heterocycles. The molecule has 0 atom stereocenters. The highest BCUT2D eigenvalue weighted by Gasteiger charge is 2.21. The molecule has 1 saturated carbocycles. The van der Waals surface area contributed by atoms with Crippen molar-refractivity contribution in [1.82, 2.24) is 4.57 Å². The number of anilines is 1. The number of fused-ring (bicyclic) bond motifs is 3. The van der Waals surface area contributed by atoms with E-state index in [1.54, 1.807) is 6.07 Å². The van der Waals surface area contributed by atoms with Crippen molar-refractivity contribution in [2.45, 2.75) is 70.6 Å². The molecule has 5 heteroatoms. The normalized spacial score (nSPS) is 18.3. The van der Waals surface area contributed by atoms with Crippen LogP contribution in [0.1, 0.15) is 56.2 Å². The van der Waals surface area contributed by atoms with Gasteiger partial charge in [-0.05, 0) is 44.2 Å². The summed E-state index contributed by atoms with van der Waals surface area (Å²) in [6.07, 6.45) is 8.61. The van der Waals surface area contributed by atoms with E-state index in [1.165, 1.54) is 25.3 Å². The van der Waals surface area contributed by atoms with E-state index in [2.05, 4.69) is 9.88 Å². The lowest BCUT2D eigenvalue weighted by atomic mass is 9.95. The summed E-state index contributed by atoms with van der Waals surface area (Å²) in [6.45, 7) is 0.529. The molecule has 4 nitrogen and oxygen atoms in total. The first-order valence-corrected chi connectivity index (χ1v) is 9.44. The smallest absolute Gasteiger partial charge is 0.195 e. The van der Waals surface area contributed by atoms with Crippen molar-refractivity contribution in [3.63, 3.8) is 0 Å². The second-order valence-corrected chi connectivity index (χ2v) is 7.35. The second kappa shape index (κ2) is 6.79. The first kappa shape index (κ1) is 16.6. The third kappa shape index (κ3) is 2.95. The maximum Gasteiger partial charge on any atom is 0.195 e. The van der Waals surface area contributed by atoms with E-state index < -0.39 is 0 Å². The SMILES string of the molecule is O=c1c(CO)c2n(c3cc(NC4CCCCC4)c(F)cc13)CCCC2. The van der Waals surface area contributed by atoms with Gasteiger partial charge < -0.3 is 15.0 Å². The molecular formula is C20H25FN2O2. The molecule has 25 heavy (non-hydrogen) atoms. The van der Waals surface area contributed by atoms with Crippen molar-refractivity contribution < 1.29 is 9.50 Å². The lowest BCUT2D eigenvalue weighted by Gasteiger charge is -2.26. The first-order valence-electron chi connectivity index (χ1n) is 9.44. The zero-order valence-electron chi connectivity index (χ0n) is 14.5. The zero-order valence-corrected chi connectivity index (χ0v) is 14.5. The number of aliphatic hydroxyl groups is 1. The van der Waals surface area contributed by atoms with Gasteiger partial charge in [0.05, 0.1) is 17.8 Å². The van der Waals surface area contributed by atoms with Gasteiger partial charge in [-0.3, -0.25) is 4.79 Å². The summed E-state index contributed by atoms with van der Waals surface area (Å²) < 4.78 is 16.8. The van der Waals surface area contributed by atoms with E-state index in [0.717, 1.165) is 49.9 Å². The van der Waals surface area contributed by atoms with E-state index in [-0.39, 0.29) is 17.9 Å². The summed E-state index contributed by atoms with van der Waals surface area (Å²) in [5, 5.41) is 13.4. The Balaban J connectivity index is 1.85. The van der Waals surface area contributed by atoms with Crippen molar-refractivity contribution >= 4 is 16.6 Å². The third-order valence-electron chi connectivity index (χ3n) is 5.74. The van der Waals surface area contributed by atoms with E-state index in [0.29, 0.717) is 22.7 Å². The Bertz CT molecular complexity index is 853. The van der Waals surface area contributed by atoms with Gasteiger partial charge in [0.1, 0.15) is 5.82 Å². The Labute approximate surface area is 146 Å². The summed E-state index contributed by atoms with van der Waals surface area (Å²) in [4.78, 5) is 12.7. The van der Waals surface area contributed by atoms with E-state index in [9.17, 15) is 14.3 Å². The average molecular weight is 344 g/mol. The van der Waals surface area contributed by atoms with Crippen molar-refractivity contribution in [3.05, 3.63) is 39.4 Å². The second-order valence-electron chi connectivity index (χ2n) is 7.35. The minimum absolute atomic E-state index is 0.228. The Kier molecular flexibility index (Phi) is 4.50. The summed E-state index contributed by atoms with van der Waals surface area (Å²) in [7, 11) is 0. The van der Waals surface area contributed by atoms with Crippen LogP contribution in [-0.2, 0) is 19.6 Å². The molecule has 0 amide bonds. The Morgan fingerprint density at radius 3 is 2.72 bits per heavy atom. The van der Waals surface area contributed by atoms with Gasteiger partial charge in [-0.25, -0.2) is 4.39 Å². The standard InChI is InChI=1S/C20H25FN2O2/c21-16-10-14-19(11-17(16)22-13-6-2-1-3-7-13)23-9-5-4-8-18(23)15(12-24)20(14)25/h10-11,13,22,24H,1-9,12H2. The van der Waals surface area contributed by atoms with Gasteiger partial charge in [-0.2, -0.15) is 0 Å². The van der Waals surface area contributed by atoms with Crippen LogP contribution in [-0.4, -0.2) is 15.7 Å². The molecule has 1 aromatic carbocycles. The van der Waals surface area contributed by atoms with Crippen LogP contribution in [0.15, 0.2) is 16.9 Å². The molecule has 1 aliphatic heterocycles. The number of hydrogen-bond acceptors (Lipinski definition) is 3. The maximum absolute atomic E-state index is 14.6. The molecule has 0 unspecified atom stereocenters. The Morgan fingerprint density at radius 2 is 1.96 bits per heavy atom. The quantitative estimate of drug-likeness (QED) is 0.892. The van der Waals surface area contributed by atoms with Gasteiger partial charge in [-0.1, -0.05) is 19.3 Å². The van der Waals surface area contributed by atoms with Crippen molar-refractivity contribution in [2.24, 2.45) is 0 Å². The molecule has 134 valence electrons. The number of benzene rings is 1.